The number of fused-ring (bicyclic) bond motifs is 1. The predicted molar refractivity (Wildman–Crippen MR) is 102 cm³/mol. The highest BCUT2D eigenvalue weighted by Crippen LogP contribution is 2.27. The summed E-state index contributed by atoms with van der Waals surface area (Å²) in [7, 11) is 2.96. The molecule has 1 N–H and O–H groups in total. The van der Waals surface area contributed by atoms with Crippen LogP contribution in [0.2, 0.25) is 0 Å². The summed E-state index contributed by atoms with van der Waals surface area (Å²) in [5.74, 6) is -0.382. The van der Waals surface area contributed by atoms with Crippen molar-refractivity contribution in [2.24, 2.45) is 7.05 Å². The molecule has 2 aromatic carbocycles. The van der Waals surface area contributed by atoms with Gasteiger partial charge in [-0.3, -0.25) is 9.48 Å². The number of anilines is 1. The van der Waals surface area contributed by atoms with E-state index < -0.39 is 12.1 Å². The Morgan fingerprint density at radius 1 is 1.15 bits per heavy atom. The minimum absolute atomic E-state index is 0.0585. The Hall–Kier alpha value is -3.35. The maximum atomic E-state index is 12.7. The standard InChI is InChI=1S/C20H21N3O4/c1-12-17(18(20(25)26-4)22-23(12)3)21-19(24)13(2)27-16-11-7-9-14-8-5-6-10-15(14)16/h5-11,13H,1-4H3,(H,21,24). The van der Waals surface area contributed by atoms with Crippen LogP contribution in [0.1, 0.15) is 23.1 Å². The molecule has 7 heteroatoms. The van der Waals surface area contributed by atoms with E-state index in [0.717, 1.165) is 10.8 Å². The number of ether oxygens (including phenoxy) is 2. The van der Waals surface area contributed by atoms with Crippen LogP contribution >= 0.6 is 0 Å². The molecule has 1 atom stereocenters. The van der Waals surface area contributed by atoms with Gasteiger partial charge in [-0.2, -0.15) is 5.10 Å². The van der Waals surface area contributed by atoms with Crippen molar-refractivity contribution in [3.63, 3.8) is 0 Å². The first-order valence-electron chi connectivity index (χ1n) is 8.49. The van der Waals surface area contributed by atoms with Crippen molar-refractivity contribution in [2.45, 2.75) is 20.0 Å². The van der Waals surface area contributed by atoms with Crippen molar-refractivity contribution in [3.8, 4) is 5.75 Å². The summed E-state index contributed by atoms with van der Waals surface area (Å²) in [6, 6.07) is 13.5. The second kappa shape index (κ2) is 7.49. The molecule has 3 rings (SSSR count). The van der Waals surface area contributed by atoms with E-state index in [1.54, 1.807) is 20.9 Å². The molecule has 1 unspecified atom stereocenters. The van der Waals surface area contributed by atoms with Gasteiger partial charge in [0.05, 0.1) is 18.5 Å². The summed E-state index contributed by atoms with van der Waals surface area (Å²) in [4.78, 5) is 24.6. The van der Waals surface area contributed by atoms with E-state index in [0.29, 0.717) is 17.1 Å². The third-order valence-corrected chi connectivity index (χ3v) is 4.38. The first-order chi connectivity index (χ1) is 12.9. The zero-order valence-electron chi connectivity index (χ0n) is 15.6. The number of nitrogens with zero attached hydrogens (tertiary/aromatic N) is 2. The van der Waals surface area contributed by atoms with Gasteiger partial charge >= 0.3 is 5.97 Å². The normalized spacial score (nSPS) is 11.9. The maximum Gasteiger partial charge on any atom is 0.360 e. The average molecular weight is 367 g/mol. The van der Waals surface area contributed by atoms with Gasteiger partial charge in [0, 0.05) is 12.4 Å². The minimum atomic E-state index is -0.777. The fourth-order valence-electron chi connectivity index (χ4n) is 2.76. The molecule has 0 bridgehead atoms. The summed E-state index contributed by atoms with van der Waals surface area (Å²) < 4.78 is 12.1. The Balaban J connectivity index is 1.82. The average Bonchev–Trinajstić information content (AvgIpc) is 2.96. The smallest absolute Gasteiger partial charge is 0.360 e. The molecule has 1 amide bonds. The van der Waals surface area contributed by atoms with Crippen LogP contribution in [0.25, 0.3) is 10.8 Å². The van der Waals surface area contributed by atoms with Crippen LogP contribution in [-0.2, 0) is 16.6 Å². The van der Waals surface area contributed by atoms with Crippen molar-refractivity contribution in [2.75, 3.05) is 12.4 Å². The lowest BCUT2D eigenvalue weighted by molar-refractivity contribution is -0.122. The van der Waals surface area contributed by atoms with Gasteiger partial charge in [0.25, 0.3) is 5.91 Å². The van der Waals surface area contributed by atoms with E-state index >= 15 is 0 Å². The second-order valence-corrected chi connectivity index (χ2v) is 6.15. The molecule has 0 aliphatic heterocycles. The number of carbonyl (C=O) groups is 2. The monoisotopic (exact) mass is 367 g/mol. The van der Waals surface area contributed by atoms with Gasteiger partial charge in [0.2, 0.25) is 0 Å². The summed E-state index contributed by atoms with van der Waals surface area (Å²) in [5.41, 5.74) is 1.02. The summed E-state index contributed by atoms with van der Waals surface area (Å²) in [5, 5.41) is 8.79. The topological polar surface area (TPSA) is 82.5 Å². The molecule has 0 radical (unpaired) electrons. The molecule has 0 aliphatic carbocycles. The van der Waals surface area contributed by atoms with E-state index in [2.05, 4.69) is 10.4 Å². The van der Waals surface area contributed by atoms with Crippen LogP contribution in [0.15, 0.2) is 42.5 Å². The Morgan fingerprint density at radius 3 is 2.59 bits per heavy atom. The van der Waals surface area contributed by atoms with Crippen molar-refractivity contribution in [1.29, 1.82) is 0 Å². The number of nitrogens with one attached hydrogen (secondary N) is 1. The van der Waals surface area contributed by atoms with E-state index in [1.807, 2.05) is 42.5 Å². The van der Waals surface area contributed by atoms with Gasteiger partial charge in [0.1, 0.15) is 5.75 Å². The lowest BCUT2D eigenvalue weighted by atomic mass is 10.1. The van der Waals surface area contributed by atoms with Crippen LogP contribution in [0.3, 0.4) is 0 Å². The van der Waals surface area contributed by atoms with E-state index in [-0.39, 0.29) is 11.6 Å². The summed E-state index contributed by atoms with van der Waals surface area (Å²) in [6.07, 6.45) is -0.777. The highest BCUT2D eigenvalue weighted by Gasteiger charge is 2.24. The van der Waals surface area contributed by atoms with Gasteiger partial charge in [-0.05, 0) is 25.3 Å². The molecule has 0 saturated carbocycles. The second-order valence-electron chi connectivity index (χ2n) is 6.15. The van der Waals surface area contributed by atoms with Gasteiger partial charge in [-0.25, -0.2) is 4.79 Å². The first-order valence-corrected chi connectivity index (χ1v) is 8.49. The highest BCUT2D eigenvalue weighted by molar-refractivity contribution is 6.02. The lowest BCUT2D eigenvalue weighted by Gasteiger charge is -2.16. The molecule has 27 heavy (non-hydrogen) atoms. The Morgan fingerprint density at radius 2 is 1.85 bits per heavy atom. The van der Waals surface area contributed by atoms with Crippen LogP contribution in [0.5, 0.6) is 5.75 Å². The van der Waals surface area contributed by atoms with Crippen LogP contribution in [0.4, 0.5) is 5.69 Å². The Labute approximate surface area is 156 Å². The van der Waals surface area contributed by atoms with E-state index in [9.17, 15) is 9.59 Å². The number of aromatic nitrogens is 2. The van der Waals surface area contributed by atoms with E-state index in [4.69, 9.17) is 9.47 Å². The first kappa shape index (κ1) is 18.4. The summed E-state index contributed by atoms with van der Waals surface area (Å²) >= 11 is 0. The van der Waals surface area contributed by atoms with Gasteiger partial charge in [-0.1, -0.05) is 36.4 Å². The molecular weight excluding hydrogens is 346 g/mol. The Bertz CT molecular complexity index is 1000. The number of methoxy groups -OCH3 is 1. The third kappa shape index (κ3) is 3.62. The number of esters is 1. The number of carbonyl (C=O) groups excluding carboxylic acids is 2. The lowest BCUT2D eigenvalue weighted by Crippen LogP contribution is -2.31. The van der Waals surface area contributed by atoms with Crippen molar-refractivity contribution < 1.29 is 19.1 Å². The molecule has 0 saturated heterocycles. The van der Waals surface area contributed by atoms with E-state index in [1.165, 1.54) is 11.8 Å². The highest BCUT2D eigenvalue weighted by atomic mass is 16.5. The molecule has 140 valence electrons. The van der Waals surface area contributed by atoms with Crippen LogP contribution in [-0.4, -0.2) is 34.9 Å². The fourth-order valence-corrected chi connectivity index (χ4v) is 2.76. The number of aryl methyl sites for hydroxylation is 1. The zero-order chi connectivity index (χ0) is 19.6. The number of hydrogen-bond donors (Lipinski definition) is 1. The molecule has 0 aliphatic rings. The fraction of sp³-hybridized carbons (Fsp3) is 0.250. The summed E-state index contributed by atoms with van der Waals surface area (Å²) in [6.45, 7) is 3.41. The van der Waals surface area contributed by atoms with Crippen molar-refractivity contribution in [3.05, 3.63) is 53.9 Å². The third-order valence-electron chi connectivity index (χ3n) is 4.38. The number of amides is 1. The van der Waals surface area contributed by atoms with Gasteiger partial charge < -0.3 is 14.8 Å². The van der Waals surface area contributed by atoms with Gasteiger partial charge in [0.15, 0.2) is 11.8 Å². The molecule has 0 spiro atoms. The predicted octanol–water partition coefficient (Wildman–Crippen LogP) is 3.07. The van der Waals surface area contributed by atoms with Crippen LogP contribution in [0, 0.1) is 6.92 Å². The quantitative estimate of drug-likeness (QED) is 0.701. The van der Waals surface area contributed by atoms with Gasteiger partial charge in [-0.15, -0.1) is 0 Å². The van der Waals surface area contributed by atoms with Crippen LogP contribution < -0.4 is 10.1 Å². The zero-order valence-corrected chi connectivity index (χ0v) is 15.6. The maximum absolute atomic E-state index is 12.7. The molecule has 3 aromatic rings. The van der Waals surface area contributed by atoms with Crippen molar-refractivity contribution >= 4 is 28.3 Å². The molecule has 1 heterocycles. The largest absolute Gasteiger partial charge is 0.480 e. The molecule has 1 aromatic heterocycles. The molecule has 7 nitrogen and oxygen atoms in total. The Kier molecular flexibility index (Phi) is 5.12. The number of benzene rings is 2. The number of hydrogen-bond acceptors (Lipinski definition) is 5. The molecule has 0 fully saturated rings. The number of rotatable bonds is 5. The SMILES string of the molecule is COC(=O)c1nn(C)c(C)c1NC(=O)C(C)Oc1cccc2ccccc12. The minimum Gasteiger partial charge on any atom is -0.480 e. The molecular formula is C20H21N3O4. The van der Waals surface area contributed by atoms with Crippen molar-refractivity contribution in [1.82, 2.24) is 9.78 Å².